The van der Waals surface area contributed by atoms with Gasteiger partial charge in [-0.05, 0) is 42.9 Å². The number of nitrogens with one attached hydrogen (secondary N) is 8. The normalized spacial score (nSPS) is 21.3. The van der Waals surface area contributed by atoms with Gasteiger partial charge in [0.25, 0.3) is 0 Å². The Morgan fingerprint density at radius 2 is 1.57 bits per heavy atom. The maximum atomic E-state index is 14.3. The maximum Gasteiger partial charge on any atom is 0.243 e. The maximum absolute atomic E-state index is 14.3. The summed E-state index contributed by atoms with van der Waals surface area (Å²) in [4.78, 5) is 133. The van der Waals surface area contributed by atoms with Crippen molar-refractivity contribution in [3.63, 3.8) is 0 Å². The van der Waals surface area contributed by atoms with E-state index in [1.165, 1.54) is 19.4 Å². The fraction of sp³-hybridized carbons (Fsp3) is 0.458. The predicted octanol–water partition coefficient (Wildman–Crippen LogP) is 1.51. The van der Waals surface area contributed by atoms with Crippen LogP contribution in [-0.4, -0.2) is 105 Å². The van der Waals surface area contributed by atoms with Crippen LogP contribution in [0.4, 0.5) is 0 Å². The Balaban J connectivity index is 1.45. The molecule has 7 amide bonds. The average Bonchev–Trinajstić information content (AvgIpc) is 3.97. The summed E-state index contributed by atoms with van der Waals surface area (Å²) in [6.07, 6.45) is 4.90. The van der Waals surface area contributed by atoms with Crippen molar-refractivity contribution in [3.8, 4) is 0 Å². The highest BCUT2D eigenvalue weighted by molar-refractivity contribution is 5.98. The number of carbonyl (C=O) groups is 9. The first kappa shape index (κ1) is 50.8. The van der Waals surface area contributed by atoms with Crippen molar-refractivity contribution >= 4 is 63.8 Å². The molecule has 1 aliphatic rings. The smallest absolute Gasteiger partial charge is 0.243 e. The summed E-state index contributed by atoms with van der Waals surface area (Å²) in [6.45, 7) is 4.64. The van der Waals surface area contributed by atoms with Gasteiger partial charge in [0.15, 0.2) is 5.78 Å². The molecule has 19 nitrogen and oxygen atoms in total. The largest absolute Gasteiger partial charge is 0.368 e. The van der Waals surface area contributed by atoms with Gasteiger partial charge in [-0.3, -0.25) is 43.2 Å². The zero-order valence-electron chi connectivity index (χ0n) is 38.2. The lowest BCUT2D eigenvalue weighted by molar-refractivity contribution is -0.135. The molecule has 7 atom stereocenters. The van der Waals surface area contributed by atoms with E-state index < -0.39 is 95.0 Å². The van der Waals surface area contributed by atoms with Gasteiger partial charge in [-0.1, -0.05) is 75.2 Å². The van der Waals surface area contributed by atoms with Crippen molar-refractivity contribution in [1.82, 2.24) is 46.9 Å². The van der Waals surface area contributed by atoms with Gasteiger partial charge in [-0.2, -0.15) is 0 Å². The zero-order valence-corrected chi connectivity index (χ0v) is 38.2. The van der Waals surface area contributed by atoms with Crippen LogP contribution in [0.25, 0.3) is 10.9 Å². The van der Waals surface area contributed by atoms with Gasteiger partial charge in [0.05, 0.1) is 12.4 Å². The lowest BCUT2D eigenvalue weighted by Crippen LogP contribution is -2.58. The van der Waals surface area contributed by atoms with Gasteiger partial charge in [0.1, 0.15) is 30.0 Å². The molecule has 0 spiro atoms. The topological polar surface area (TPSA) is 296 Å². The van der Waals surface area contributed by atoms with Crippen LogP contribution in [0.2, 0.25) is 0 Å². The second-order valence-corrected chi connectivity index (χ2v) is 17.2. The number of aromatic amines is 2. The Morgan fingerprint density at radius 1 is 0.836 bits per heavy atom. The number of para-hydroxylation sites is 1. The summed E-state index contributed by atoms with van der Waals surface area (Å²) in [5, 5.41) is 17.1. The third kappa shape index (κ3) is 15.5. The van der Waals surface area contributed by atoms with Crippen LogP contribution in [0.5, 0.6) is 0 Å². The molecule has 3 heterocycles. The van der Waals surface area contributed by atoms with E-state index in [1.807, 2.05) is 31.2 Å². The molecular weight excluding hydrogens is 861 g/mol. The highest BCUT2D eigenvalue weighted by Crippen LogP contribution is 2.21. The minimum absolute atomic E-state index is 0.0434. The number of unbranched alkanes of at least 4 members (excludes halogenated alkanes) is 1. The molecule has 0 radical (unpaired) electrons. The van der Waals surface area contributed by atoms with Gasteiger partial charge in [-0.15, -0.1) is 0 Å². The number of hydrogen-bond acceptors (Lipinski definition) is 10. The van der Waals surface area contributed by atoms with Crippen molar-refractivity contribution in [2.24, 2.45) is 17.6 Å². The van der Waals surface area contributed by atoms with E-state index in [1.54, 1.807) is 43.5 Å². The minimum Gasteiger partial charge on any atom is -0.368 e. The van der Waals surface area contributed by atoms with Gasteiger partial charge in [0, 0.05) is 86.4 Å². The van der Waals surface area contributed by atoms with Gasteiger partial charge in [-0.25, -0.2) is 4.98 Å². The quantitative estimate of drug-likeness (QED) is 0.0828. The molecular formula is C48H62N10O9. The van der Waals surface area contributed by atoms with Crippen LogP contribution in [0.15, 0.2) is 73.3 Å². The van der Waals surface area contributed by atoms with Gasteiger partial charge >= 0.3 is 0 Å². The van der Waals surface area contributed by atoms with Crippen LogP contribution in [0.3, 0.4) is 0 Å². The summed E-state index contributed by atoms with van der Waals surface area (Å²) < 4.78 is 0. The first-order valence-corrected chi connectivity index (χ1v) is 22.8. The second kappa shape index (κ2) is 24.9. The molecule has 10 N–H and O–H groups in total. The Hall–Kier alpha value is -7.18. The lowest BCUT2D eigenvalue weighted by Gasteiger charge is -2.26. The van der Waals surface area contributed by atoms with Crippen molar-refractivity contribution in [3.05, 3.63) is 90.1 Å². The summed E-state index contributed by atoms with van der Waals surface area (Å²) in [5.74, 6) is -7.61. The number of hydrogen-bond donors (Lipinski definition) is 9. The number of aromatic nitrogens is 3. The molecule has 358 valence electrons. The van der Waals surface area contributed by atoms with E-state index in [4.69, 9.17) is 5.73 Å². The fourth-order valence-electron chi connectivity index (χ4n) is 8.04. The Labute approximate surface area is 388 Å². The molecule has 2 aromatic carbocycles. The molecule has 4 aromatic rings. The first-order chi connectivity index (χ1) is 32.1. The summed E-state index contributed by atoms with van der Waals surface area (Å²) in [6, 6.07) is 10.3. The Bertz CT molecular complexity index is 2370. The number of amides is 7. The summed E-state index contributed by atoms with van der Waals surface area (Å²) >= 11 is 0. The second-order valence-electron chi connectivity index (χ2n) is 17.2. The molecule has 67 heavy (non-hydrogen) atoms. The van der Waals surface area contributed by atoms with E-state index in [0.29, 0.717) is 17.7 Å². The predicted molar refractivity (Wildman–Crippen MR) is 247 cm³/mol. The van der Waals surface area contributed by atoms with Crippen LogP contribution < -0.4 is 37.6 Å². The number of ketones is 2. The van der Waals surface area contributed by atoms with Gasteiger partial charge < -0.3 is 47.6 Å². The highest BCUT2D eigenvalue weighted by Gasteiger charge is 2.34. The zero-order chi connectivity index (χ0) is 48.5. The third-order valence-electron chi connectivity index (χ3n) is 11.9. The summed E-state index contributed by atoms with van der Waals surface area (Å²) in [7, 11) is 0. The molecule has 0 saturated carbocycles. The van der Waals surface area contributed by atoms with E-state index in [9.17, 15) is 43.2 Å². The molecule has 0 aliphatic carbocycles. The van der Waals surface area contributed by atoms with Crippen LogP contribution >= 0.6 is 0 Å². The molecule has 1 saturated heterocycles. The number of carbonyl (C=O) groups excluding carboxylic acids is 9. The number of benzene rings is 2. The number of H-pyrrole nitrogens is 2. The van der Waals surface area contributed by atoms with E-state index in [0.717, 1.165) is 22.9 Å². The first-order valence-electron chi connectivity index (χ1n) is 22.8. The molecule has 5 rings (SSSR count). The molecule has 1 aliphatic heterocycles. The monoisotopic (exact) mass is 922 g/mol. The number of primary amides is 1. The SMILES string of the molecule is CCCC[C@H](NC(C)=O)C(=O)N[C@H]1CCC(=O)NCCC(C(=O)N[C@@H](Cc2c[nH]c3ccccc23)C(N)=O)CC(=O)[C@H](C)CC(=O)[C@@H](Cc2ccccc2)NC(=O)[C@H](Cc2cnc[nH]2)NC1=O. The Morgan fingerprint density at radius 3 is 2.27 bits per heavy atom. The van der Waals surface area contributed by atoms with E-state index in [2.05, 4.69) is 46.9 Å². The highest BCUT2D eigenvalue weighted by atomic mass is 16.2. The van der Waals surface area contributed by atoms with E-state index in [-0.39, 0.29) is 64.3 Å². The average molecular weight is 923 g/mol. The Kier molecular flexibility index (Phi) is 18.9. The van der Waals surface area contributed by atoms with E-state index >= 15 is 0 Å². The van der Waals surface area contributed by atoms with Crippen molar-refractivity contribution in [2.75, 3.05) is 6.54 Å². The van der Waals surface area contributed by atoms with Crippen molar-refractivity contribution < 1.29 is 43.2 Å². The lowest BCUT2D eigenvalue weighted by atomic mass is 9.87. The molecule has 0 bridgehead atoms. The number of nitrogens with two attached hydrogens (primary N) is 1. The van der Waals surface area contributed by atoms with Crippen molar-refractivity contribution in [1.29, 1.82) is 0 Å². The minimum atomic E-state index is -1.38. The van der Waals surface area contributed by atoms with Crippen LogP contribution in [0.1, 0.15) is 89.0 Å². The van der Waals surface area contributed by atoms with Crippen LogP contribution in [0, 0.1) is 11.8 Å². The number of imidazole rings is 1. The fourth-order valence-corrected chi connectivity index (χ4v) is 8.04. The number of nitrogens with zero attached hydrogens (tertiary/aromatic N) is 1. The molecule has 2 aromatic heterocycles. The number of Topliss-reactive ketones (excluding diaryl/α,β-unsaturated/α-hetero) is 2. The number of fused-ring (bicyclic) bond motifs is 1. The standard InChI is InChI=1S/C48H62N10O9/c1-4-5-14-36(54-29(3)59)46(65)55-37-16-17-43(62)51-19-18-31(45(64)57-39(44(49)63)22-32-25-52-35-15-10-9-13-34(32)35)23-41(60)28(2)20-42(61)38(21-30-11-7-6-8-12-30)56-48(67)40(58-47(37)66)24-33-26-50-27-53-33/h6-13,15,25-28,31,36-40,52H,4-5,14,16-24H2,1-3H3,(H2,49,63)(H,50,53)(H,51,62)(H,54,59)(H,55,65)(H,56,67)(H,57,64)(H,58,66)/t28-,31?,36+,37+,38-,39+,40+/m1/s1. The van der Waals surface area contributed by atoms with Crippen molar-refractivity contribution in [2.45, 2.75) is 122 Å². The van der Waals surface area contributed by atoms with Crippen LogP contribution in [-0.2, 0) is 62.4 Å². The molecule has 19 heteroatoms. The summed E-state index contributed by atoms with van der Waals surface area (Å²) in [5.41, 5.74) is 8.52. The molecule has 1 fully saturated rings. The number of rotatable bonds is 15. The molecule has 1 unspecified atom stereocenters. The van der Waals surface area contributed by atoms with Gasteiger partial charge in [0.2, 0.25) is 41.4 Å². The third-order valence-corrected chi connectivity index (χ3v) is 11.9.